The highest BCUT2D eigenvalue weighted by Crippen LogP contribution is 2.33. The monoisotopic (exact) mass is 361 g/mol. The second-order valence-electron chi connectivity index (χ2n) is 5.87. The maximum absolute atomic E-state index is 13.3. The molecular weight excluding hydrogens is 343 g/mol. The first kappa shape index (κ1) is 19.0. The van der Waals surface area contributed by atoms with E-state index in [-0.39, 0.29) is 25.3 Å². The third kappa shape index (κ3) is 4.22. The summed E-state index contributed by atoms with van der Waals surface area (Å²) in [6.45, 7) is -3.19. The van der Waals surface area contributed by atoms with Crippen molar-refractivity contribution in [3.8, 4) is 5.75 Å². The summed E-state index contributed by atoms with van der Waals surface area (Å²) in [5.41, 5.74) is -1.52. The van der Waals surface area contributed by atoms with E-state index in [0.29, 0.717) is 18.9 Å². The lowest BCUT2D eigenvalue weighted by atomic mass is 9.80. The molecule has 1 aliphatic rings. The number of ether oxygens (including phenoxy) is 2. The Labute approximate surface area is 142 Å². The van der Waals surface area contributed by atoms with E-state index < -0.39 is 35.5 Å². The number of carboxylic acid groups (broad SMARTS) is 1. The Balaban J connectivity index is 2.29. The number of benzene rings is 1. The Morgan fingerprint density at radius 1 is 1.40 bits per heavy atom. The molecule has 0 spiro atoms. The number of halogens is 3. The number of methoxy groups -OCH3 is 1. The van der Waals surface area contributed by atoms with Gasteiger partial charge in [0.2, 0.25) is 0 Å². The minimum Gasteiger partial charge on any atom is -0.481 e. The van der Waals surface area contributed by atoms with Crippen molar-refractivity contribution >= 4 is 11.9 Å². The number of piperidine rings is 1. The molecule has 0 bridgehead atoms. The molecule has 1 amide bonds. The highest BCUT2D eigenvalue weighted by molar-refractivity contribution is 5.97. The van der Waals surface area contributed by atoms with Crippen LogP contribution in [-0.2, 0) is 9.53 Å². The van der Waals surface area contributed by atoms with Crippen molar-refractivity contribution in [2.45, 2.75) is 19.5 Å². The van der Waals surface area contributed by atoms with Gasteiger partial charge in [-0.2, -0.15) is 8.78 Å². The van der Waals surface area contributed by atoms with Crippen molar-refractivity contribution in [1.82, 2.24) is 4.90 Å². The first-order chi connectivity index (χ1) is 11.8. The average Bonchev–Trinajstić information content (AvgIpc) is 2.54. The zero-order valence-electron chi connectivity index (χ0n) is 13.5. The topological polar surface area (TPSA) is 76.1 Å². The van der Waals surface area contributed by atoms with E-state index in [9.17, 15) is 27.9 Å². The van der Waals surface area contributed by atoms with Crippen molar-refractivity contribution < 1.29 is 37.3 Å². The van der Waals surface area contributed by atoms with E-state index in [0.717, 1.165) is 12.1 Å². The summed E-state index contributed by atoms with van der Waals surface area (Å²) in [7, 11) is 1.36. The van der Waals surface area contributed by atoms with E-state index in [1.54, 1.807) is 0 Å². The van der Waals surface area contributed by atoms with Gasteiger partial charge in [0.25, 0.3) is 5.91 Å². The maximum atomic E-state index is 13.3. The van der Waals surface area contributed by atoms with Crippen LogP contribution in [0.3, 0.4) is 0 Å². The molecule has 1 atom stereocenters. The van der Waals surface area contributed by atoms with Gasteiger partial charge in [0, 0.05) is 26.3 Å². The summed E-state index contributed by atoms with van der Waals surface area (Å²) in [6, 6.07) is 2.70. The van der Waals surface area contributed by atoms with Crippen LogP contribution in [0.2, 0.25) is 0 Å². The largest absolute Gasteiger partial charge is 0.481 e. The van der Waals surface area contributed by atoms with E-state index in [4.69, 9.17) is 4.74 Å². The molecule has 1 saturated heterocycles. The molecule has 1 heterocycles. The number of hydrogen-bond acceptors (Lipinski definition) is 4. The number of aliphatic carboxylic acids is 1. The fraction of sp³-hybridized carbons (Fsp3) is 0.500. The standard InChI is InChI=1S/C16H18F3NO5/c1-24-9-16(14(22)23)5-2-6-20(8-16)13(21)11-4-3-10(17)7-12(11)25-15(18)19/h3-4,7,15H,2,5-6,8-9H2,1H3,(H,22,23). The number of carbonyl (C=O) groups excluding carboxylic acids is 1. The Bertz CT molecular complexity index is 651. The van der Waals surface area contributed by atoms with E-state index >= 15 is 0 Å². The van der Waals surface area contributed by atoms with Crippen molar-refractivity contribution in [3.63, 3.8) is 0 Å². The number of nitrogens with zero attached hydrogens (tertiary/aromatic N) is 1. The van der Waals surface area contributed by atoms with E-state index in [2.05, 4.69) is 4.74 Å². The molecule has 6 nitrogen and oxygen atoms in total. The van der Waals surface area contributed by atoms with Gasteiger partial charge in [0.15, 0.2) is 0 Å². The molecule has 9 heteroatoms. The first-order valence-corrected chi connectivity index (χ1v) is 7.55. The molecule has 1 aromatic carbocycles. The van der Waals surface area contributed by atoms with Crippen molar-refractivity contribution in [2.24, 2.45) is 5.41 Å². The molecule has 1 fully saturated rings. The van der Waals surface area contributed by atoms with Gasteiger partial charge in [-0.25, -0.2) is 4.39 Å². The summed E-state index contributed by atoms with van der Waals surface area (Å²) in [4.78, 5) is 25.5. The van der Waals surface area contributed by atoms with Gasteiger partial charge < -0.3 is 19.5 Å². The van der Waals surface area contributed by atoms with Crippen molar-refractivity contribution in [2.75, 3.05) is 26.8 Å². The second-order valence-corrected chi connectivity index (χ2v) is 5.87. The third-order valence-electron chi connectivity index (χ3n) is 4.13. The normalized spacial score (nSPS) is 20.6. The summed E-state index contributed by atoms with van der Waals surface area (Å²) in [5, 5.41) is 9.51. The number of amides is 1. The Morgan fingerprint density at radius 2 is 2.12 bits per heavy atom. The number of alkyl halides is 2. The van der Waals surface area contributed by atoms with Crippen LogP contribution in [0.1, 0.15) is 23.2 Å². The van der Waals surface area contributed by atoms with Crippen LogP contribution in [0.5, 0.6) is 5.75 Å². The molecule has 0 aromatic heterocycles. The molecular formula is C16H18F3NO5. The minimum absolute atomic E-state index is 0.0874. The quantitative estimate of drug-likeness (QED) is 0.842. The molecule has 138 valence electrons. The number of hydrogen-bond donors (Lipinski definition) is 1. The second kappa shape index (κ2) is 7.73. The molecule has 2 rings (SSSR count). The van der Waals surface area contributed by atoms with Gasteiger partial charge >= 0.3 is 12.6 Å². The van der Waals surface area contributed by atoms with Crippen LogP contribution in [0, 0.1) is 11.2 Å². The Kier molecular flexibility index (Phi) is 5.89. The van der Waals surface area contributed by atoms with Gasteiger partial charge in [-0.1, -0.05) is 0 Å². The van der Waals surface area contributed by atoms with Crippen LogP contribution in [0.15, 0.2) is 18.2 Å². The van der Waals surface area contributed by atoms with Crippen LogP contribution < -0.4 is 4.74 Å². The zero-order valence-corrected chi connectivity index (χ0v) is 13.5. The molecule has 0 radical (unpaired) electrons. The lowest BCUT2D eigenvalue weighted by Gasteiger charge is -2.39. The molecule has 0 aliphatic carbocycles. The van der Waals surface area contributed by atoms with Crippen LogP contribution in [0.4, 0.5) is 13.2 Å². The summed E-state index contributed by atoms with van der Waals surface area (Å²) < 4.78 is 47.5. The molecule has 1 aromatic rings. The van der Waals surface area contributed by atoms with Crippen molar-refractivity contribution in [1.29, 1.82) is 0 Å². The van der Waals surface area contributed by atoms with Gasteiger partial charge in [-0.15, -0.1) is 0 Å². The molecule has 0 saturated carbocycles. The van der Waals surface area contributed by atoms with Gasteiger partial charge in [0.05, 0.1) is 12.2 Å². The smallest absolute Gasteiger partial charge is 0.387 e. The molecule has 1 aliphatic heterocycles. The number of rotatable bonds is 6. The van der Waals surface area contributed by atoms with E-state index in [1.165, 1.54) is 12.0 Å². The lowest BCUT2D eigenvalue weighted by Crippen LogP contribution is -2.52. The predicted octanol–water partition coefficient (Wildman–Crippen LogP) is 2.38. The van der Waals surface area contributed by atoms with E-state index in [1.807, 2.05) is 0 Å². The fourth-order valence-electron chi connectivity index (χ4n) is 2.97. The predicted molar refractivity (Wildman–Crippen MR) is 80.1 cm³/mol. The fourth-order valence-corrected chi connectivity index (χ4v) is 2.97. The highest BCUT2D eigenvalue weighted by atomic mass is 19.3. The minimum atomic E-state index is -3.22. The molecule has 1 N–H and O–H groups in total. The van der Waals surface area contributed by atoms with Crippen LogP contribution >= 0.6 is 0 Å². The average molecular weight is 361 g/mol. The molecule has 1 unspecified atom stereocenters. The van der Waals surface area contributed by atoms with Crippen molar-refractivity contribution in [3.05, 3.63) is 29.6 Å². The van der Waals surface area contributed by atoms with Gasteiger partial charge in [-0.05, 0) is 25.0 Å². The highest BCUT2D eigenvalue weighted by Gasteiger charge is 2.44. The summed E-state index contributed by atoms with van der Waals surface area (Å²) in [6.07, 6.45) is 0.734. The number of carboxylic acids is 1. The Morgan fingerprint density at radius 3 is 2.72 bits per heavy atom. The zero-order chi connectivity index (χ0) is 18.6. The maximum Gasteiger partial charge on any atom is 0.387 e. The number of carbonyl (C=O) groups is 2. The van der Waals surface area contributed by atoms with Crippen LogP contribution in [-0.4, -0.2) is 55.3 Å². The van der Waals surface area contributed by atoms with Gasteiger partial charge in [0.1, 0.15) is 17.0 Å². The number of likely N-dealkylation sites (tertiary alicyclic amines) is 1. The Hall–Kier alpha value is -2.29. The van der Waals surface area contributed by atoms with Gasteiger partial charge in [-0.3, -0.25) is 9.59 Å². The summed E-state index contributed by atoms with van der Waals surface area (Å²) >= 11 is 0. The third-order valence-corrected chi connectivity index (χ3v) is 4.13. The summed E-state index contributed by atoms with van der Waals surface area (Å²) in [5.74, 6) is -3.21. The van der Waals surface area contributed by atoms with Crippen LogP contribution in [0.25, 0.3) is 0 Å². The first-order valence-electron chi connectivity index (χ1n) is 7.55. The molecule has 25 heavy (non-hydrogen) atoms. The lowest BCUT2D eigenvalue weighted by molar-refractivity contribution is -0.155. The SMILES string of the molecule is COCC1(C(=O)O)CCCN(C(=O)c2ccc(F)cc2OC(F)F)C1.